The number of hydrogen-bond donors (Lipinski definition) is 1. The van der Waals surface area contributed by atoms with E-state index in [1.54, 1.807) is 17.2 Å². The maximum Gasteiger partial charge on any atom is 0.414 e. The summed E-state index contributed by atoms with van der Waals surface area (Å²) in [5.74, 6) is 0.830. The average molecular weight is 634 g/mol. The molecular weight excluding hydrogens is 590 g/mol. The highest BCUT2D eigenvalue weighted by Crippen LogP contribution is 2.47. The molecule has 8 nitrogen and oxygen atoms in total. The monoisotopic (exact) mass is 633 g/mol. The number of carbonyl (C=O) groups is 1. The number of anilines is 3. The van der Waals surface area contributed by atoms with E-state index >= 15 is 0 Å². The molecule has 0 spiro atoms. The number of ether oxygens (including phenoxy) is 1. The summed E-state index contributed by atoms with van der Waals surface area (Å²) in [5, 5.41) is 13.7. The molecule has 0 bridgehead atoms. The van der Waals surface area contributed by atoms with Crippen LogP contribution in [-0.4, -0.2) is 43.1 Å². The summed E-state index contributed by atoms with van der Waals surface area (Å²) in [6.07, 6.45) is 1.21. The molecule has 234 valence electrons. The van der Waals surface area contributed by atoms with Crippen LogP contribution in [0.4, 0.5) is 22.1 Å². The average Bonchev–Trinajstić information content (AvgIpc) is 3.24. The van der Waals surface area contributed by atoms with Gasteiger partial charge in [0.2, 0.25) is 5.95 Å². The van der Waals surface area contributed by atoms with Gasteiger partial charge in [0, 0.05) is 41.9 Å². The molecule has 0 fully saturated rings. The summed E-state index contributed by atoms with van der Waals surface area (Å²) in [4.78, 5) is 24.4. The van der Waals surface area contributed by atoms with Crippen LogP contribution in [0.25, 0.3) is 11.3 Å². The third kappa shape index (κ3) is 7.09. The van der Waals surface area contributed by atoms with Gasteiger partial charge in [0.1, 0.15) is 11.7 Å². The van der Waals surface area contributed by atoms with Crippen LogP contribution in [0.15, 0.2) is 42.6 Å². The van der Waals surface area contributed by atoms with Crippen LogP contribution in [0, 0.1) is 18.3 Å². The number of nitrogens with zero attached hydrogens (tertiary/aromatic N) is 4. The van der Waals surface area contributed by atoms with Gasteiger partial charge in [0.25, 0.3) is 0 Å². The third-order valence-electron chi connectivity index (χ3n) is 8.48. The van der Waals surface area contributed by atoms with Gasteiger partial charge in [-0.2, -0.15) is 5.26 Å². The Morgan fingerprint density at radius 2 is 1.86 bits per heavy atom. The zero-order valence-corrected chi connectivity index (χ0v) is 29.3. The van der Waals surface area contributed by atoms with Gasteiger partial charge in [0.05, 0.1) is 16.9 Å². The van der Waals surface area contributed by atoms with Crippen molar-refractivity contribution in [1.82, 2.24) is 9.97 Å². The van der Waals surface area contributed by atoms with Crippen molar-refractivity contribution in [1.29, 1.82) is 5.26 Å². The molecule has 44 heavy (non-hydrogen) atoms. The minimum atomic E-state index is -2.12. The molecule has 1 N–H and O–H groups in total. The predicted molar refractivity (Wildman–Crippen MR) is 180 cm³/mol. The van der Waals surface area contributed by atoms with Crippen molar-refractivity contribution >= 4 is 43.3 Å². The molecule has 0 unspecified atom stereocenters. The summed E-state index contributed by atoms with van der Waals surface area (Å²) in [5.41, 5.74) is 4.82. The minimum absolute atomic E-state index is 0.0152. The first-order chi connectivity index (χ1) is 20.4. The fourth-order valence-corrected chi connectivity index (χ4v) is 6.15. The summed E-state index contributed by atoms with van der Waals surface area (Å²) < 4.78 is 12.5. The number of aryl methyl sites for hydroxylation is 1. The molecule has 1 aromatic heterocycles. The fraction of sp³-hybridized carbons (Fsp3) is 0.471. The van der Waals surface area contributed by atoms with Crippen molar-refractivity contribution in [3.05, 3.63) is 64.8 Å². The lowest BCUT2D eigenvalue weighted by atomic mass is 9.83. The number of nitrogens with one attached hydrogen (secondary N) is 1. The van der Waals surface area contributed by atoms with Crippen LogP contribution in [0.1, 0.15) is 70.7 Å². The second kappa shape index (κ2) is 12.1. The van der Waals surface area contributed by atoms with Gasteiger partial charge < -0.3 is 14.5 Å². The van der Waals surface area contributed by atoms with E-state index in [1.807, 2.05) is 58.0 Å². The number of hydrogen-bond acceptors (Lipinski definition) is 7. The molecule has 1 amide bonds. The van der Waals surface area contributed by atoms with Crippen LogP contribution in [0.5, 0.6) is 0 Å². The zero-order valence-electron chi connectivity index (χ0n) is 27.6. The maximum absolute atomic E-state index is 13.5. The van der Waals surface area contributed by atoms with Crippen LogP contribution in [-0.2, 0) is 20.5 Å². The lowest BCUT2D eigenvalue weighted by molar-refractivity contribution is 0.0575. The second-order valence-electron chi connectivity index (χ2n) is 14.4. The lowest BCUT2D eigenvalue weighted by Crippen LogP contribution is -2.46. The molecule has 4 rings (SSSR count). The van der Waals surface area contributed by atoms with Crippen molar-refractivity contribution in [2.75, 3.05) is 23.4 Å². The molecule has 1 aliphatic rings. The number of rotatable bonds is 7. The Hall–Kier alpha value is -3.45. The number of alkyl halides is 1. The van der Waals surface area contributed by atoms with E-state index in [0.717, 1.165) is 27.9 Å². The molecule has 0 saturated carbocycles. The Kier molecular flexibility index (Phi) is 9.23. The Labute approximate surface area is 267 Å². The number of benzene rings is 2. The molecule has 0 saturated heterocycles. The lowest BCUT2D eigenvalue weighted by Gasteiger charge is -2.39. The van der Waals surface area contributed by atoms with Gasteiger partial charge >= 0.3 is 6.09 Å². The Balaban J connectivity index is 1.80. The van der Waals surface area contributed by atoms with Gasteiger partial charge in [0.15, 0.2) is 8.32 Å². The third-order valence-corrected chi connectivity index (χ3v) is 13.3. The van der Waals surface area contributed by atoms with Gasteiger partial charge in [-0.15, -0.1) is 11.6 Å². The summed E-state index contributed by atoms with van der Waals surface area (Å²) in [6, 6.07) is 14.0. The molecule has 1 atom stereocenters. The molecule has 0 aliphatic carbocycles. The Morgan fingerprint density at radius 3 is 2.48 bits per heavy atom. The van der Waals surface area contributed by atoms with Crippen molar-refractivity contribution < 1.29 is 14.0 Å². The minimum Gasteiger partial charge on any atom is -0.443 e. The van der Waals surface area contributed by atoms with Crippen molar-refractivity contribution in [2.24, 2.45) is 0 Å². The van der Waals surface area contributed by atoms with E-state index in [9.17, 15) is 10.1 Å². The molecule has 3 aromatic rings. The topological polar surface area (TPSA) is 100 Å². The molecule has 10 heteroatoms. The van der Waals surface area contributed by atoms with E-state index in [0.29, 0.717) is 41.9 Å². The largest absolute Gasteiger partial charge is 0.443 e. The van der Waals surface area contributed by atoms with Crippen molar-refractivity contribution in [2.45, 2.75) is 90.4 Å². The number of fused-ring (bicyclic) bond motifs is 1. The van der Waals surface area contributed by atoms with Crippen molar-refractivity contribution in [3.63, 3.8) is 0 Å². The number of amides is 1. The molecule has 2 heterocycles. The van der Waals surface area contributed by atoms with Crippen LogP contribution < -0.4 is 10.2 Å². The Bertz CT molecular complexity index is 1610. The fourth-order valence-electron chi connectivity index (χ4n) is 4.87. The van der Waals surface area contributed by atoms with Gasteiger partial charge in [-0.25, -0.2) is 14.8 Å². The van der Waals surface area contributed by atoms with E-state index < -0.39 is 25.4 Å². The zero-order chi connectivity index (χ0) is 32.7. The van der Waals surface area contributed by atoms with E-state index in [-0.39, 0.29) is 5.04 Å². The number of aromatic nitrogens is 2. The van der Waals surface area contributed by atoms with E-state index in [1.165, 1.54) is 0 Å². The molecule has 2 aromatic carbocycles. The Morgan fingerprint density at radius 1 is 1.16 bits per heavy atom. The van der Waals surface area contributed by atoms with E-state index in [2.05, 4.69) is 57.2 Å². The molecular formula is C34H44ClN5O3Si. The highest BCUT2D eigenvalue weighted by molar-refractivity contribution is 6.74. The first-order valence-corrected chi connectivity index (χ1v) is 18.3. The first kappa shape index (κ1) is 33.4. The standard InChI is InChI=1S/C34H44ClN5O3Si/c1-22-11-12-23(18-35)15-28(22)39-30-37-14-13-27(38-30)24-16-25(19-36)29-26(17-24)34(8,21-42-44(9,10)33(5,6)7)20-40(29)31(41)43-32(2,3)4/h11-17H,18,20-21H2,1-10H3,(H,37,38,39)/t34-/m1/s1. The van der Waals surface area contributed by atoms with Gasteiger partial charge in [-0.05, 0) is 86.8 Å². The van der Waals surface area contributed by atoms with Crippen LogP contribution >= 0.6 is 11.6 Å². The maximum atomic E-state index is 13.5. The molecule has 0 radical (unpaired) electrons. The van der Waals surface area contributed by atoms with Gasteiger partial charge in [-0.3, -0.25) is 4.90 Å². The van der Waals surface area contributed by atoms with E-state index in [4.69, 9.17) is 25.7 Å². The number of carbonyl (C=O) groups excluding carboxylic acids is 1. The highest BCUT2D eigenvalue weighted by Gasteiger charge is 2.47. The number of nitriles is 1. The summed E-state index contributed by atoms with van der Waals surface area (Å²) in [7, 11) is -2.12. The number of halogens is 1. The smallest absolute Gasteiger partial charge is 0.414 e. The summed E-state index contributed by atoms with van der Waals surface area (Å²) in [6.45, 7) is 21.4. The van der Waals surface area contributed by atoms with Crippen molar-refractivity contribution in [3.8, 4) is 17.3 Å². The highest BCUT2D eigenvalue weighted by atomic mass is 35.5. The van der Waals surface area contributed by atoms with Crippen LogP contribution in [0.2, 0.25) is 18.1 Å². The normalized spacial score (nSPS) is 16.8. The van der Waals surface area contributed by atoms with Gasteiger partial charge in [-0.1, -0.05) is 39.8 Å². The second-order valence-corrected chi connectivity index (χ2v) is 19.5. The van der Waals surface area contributed by atoms with Crippen LogP contribution in [0.3, 0.4) is 0 Å². The first-order valence-electron chi connectivity index (χ1n) is 14.9. The SMILES string of the molecule is Cc1ccc(CCl)cc1Nc1nccc(-c2cc(C#N)c3c(c2)[C@@](C)(CO[Si](C)(C)C(C)(C)C)CN3C(=O)OC(C)(C)C)n1. The quantitative estimate of drug-likeness (QED) is 0.205. The summed E-state index contributed by atoms with van der Waals surface area (Å²) >= 11 is 6.06. The molecule has 1 aliphatic heterocycles. The predicted octanol–water partition coefficient (Wildman–Crippen LogP) is 8.84.